The second-order valence-electron chi connectivity index (χ2n) is 10.1. The molecule has 0 N–H and O–H groups in total. The highest BCUT2D eigenvalue weighted by atomic mass is 32.1. The van der Waals surface area contributed by atoms with Crippen LogP contribution >= 0.6 is 11.3 Å². The first-order valence-electron chi connectivity index (χ1n) is 11.7. The Kier molecular flexibility index (Phi) is 4.69. The van der Waals surface area contributed by atoms with E-state index in [2.05, 4.69) is 95.3 Å². The number of aromatic nitrogens is 1. The summed E-state index contributed by atoms with van der Waals surface area (Å²) in [6, 6.07) is 23.8. The molecule has 0 saturated carbocycles. The van der Waals surface area contributed by atoms with Crippen molar-refractivity contribution in [1.82, 2.24) is 4.98 Å². The first-order valence-corrected chi connectivity index (χ1v) is 12.5. The normalized spacial score (nSPS) is 12.3. The van der Waals surface area contributed by atoms with Crippen LogP contribution in [0.15, 0.2) is 77.3 Å². The molecule has 2 nitrogen and oxygen atoms in total. The van der Waals surface area contributed by atoms with Crippen molar-refractivity contribution in [2.75, 3.05) is 0 Å². The van der Waals surface area contributed by atoms with Crippen molar-refractivity contribution in [2.45, 2.75) is 40.0 Å². The van der Waals surface area contributed by atoms with Crippen molar-refractivity contribution in [3.8, 4) is 22.6 Å². The van der Waals surface area contributed by atoms with Crippen molar-refractivity contribution in [2.24, 2.45) is 0 Å². The van der Waals surface area contributed by atoms with E-state index >= 15 is 0 Å². The predicted octanol–water partition coefficient (Wildman–Crippen LogP) is 9.44. The van der Waals surface area contributed by atoms with E-state index in [9.17, 15) is 0 Å². The van der Waals surface area contributed by atoms with Gasteiger partial charge in [0.15, 0.2) is 0 Å². The summed E-state index contributed by atoms with van der Waals surface area (Å²) < 4.78 is 7.84. The Morgan fingerprint density at radius 3 is 2.38 bits per heavy atom. The van der Waals surface area contributed by atoms with Gasteiger partial charge >= 0.3 is 0 Å². The molecular weight excluding hydrogens is 434 g/mol. The molecule has 0 radical (unpaired) electrons. The monoisotopic (exact) mass is 461 g/mol. The summed E-state index contributed by atoms with van der Waals surface area (Å²) in [7, 11) is 0. The minimum Gasteiger partial charge on any atom is -0.456 e. The van der Waals surface area contributed by atoms with Gasteiger partial charge in [0.2, 0.25) is 0 Å². The van der Waals surface area contributed by atoms with Crippen molar-refractivity contribution in [3.05, 3.63) is 88.9 Å². The number of pyridine rings is 1. The van der Waals surface area contributed by atoms with Crippen LogP contribution in [-0.4, -0.2) is 4.98 Å². The number of rotatable bonds is 2. The molecule has 34 heavy (non-hydrogen) atoms. The summed E-state index contributed by atoms with van der Waals surface area (Å²) >= 11 is 1.82. The quantitative estimate of drug-likeness (QED) is 0.257. The summed E-state index contributed by atoms with van der Waals surface area (Å²) in [5.41, 5.74) is 6.71. The van der Waals surface area contributed by atoms with Crippen LogP contribution in [0.2, 0.25) is 0 Å². The molecule has 3 aromatic heterocycles. The molecule has 0 bridgehead atoms. The Bertz CT molecular complexity index is 1710. The number of furan rings is 1. The third kappa shape index (κ3) is 3.19. The van der Waals surface area contributed by atoms with Crippen molar-refractivity contribution in [1.29, 1.82) is 0 Å². The predicted molar refractivity (Wildman–Crippen MR) is 146 cm³/mol. The number of thiophene rings is 1. The fraction of sp³-hybridized carbons (Fsp3) is 0.194. The van der Waals surface area contributed by atoms with Gasteiger partial charge in [-0.2, -0.15) is 0 Å². The number of hydrogen-bond donors (Lipinski definition) is 0. The molecule has 0 unspecified atom stereocenters. The van der Waals surface area contributed by atoms with Gasteiger partial charge in [0, 0.05) is 37.9 Å². The number of nitrogens with zero attached hydrogens (tertiary/aromatic N) is 1. The number of aryl methyl sites for hydroxylation is 2. The van der Waals surface area contributed by atoms with Crippen molar-refractivity contribution < 1.29 is 4.42 Å². The minimum atomic E-state index is 0.0207. The van der Waals surface area contributed by atoms with Gasteiger partial charge in [-0.15, -0.1) is 11.3 Å². The highest BCUT2D eigenvalue weighted by Crippen LogP contribution is 2.45. The third-order valence-corrected chi connectivity index (χ3v) is 7.87. The zero-order valence-corrected chi connectivity index (χ0v) is 21.0. The van der Waals surface area contributed by atoms with Gasteiger partial charge in [0.05, 0.1) is 11.1 Å². The molecule has 3 heteroatoms. The Hall–Kier alpha value is -3.43. The van der Waals surface area contributed by atoms with Crippen LogP contribution in [0.3, 0.4) is 0 Å². The maximum Gasteiger partial charge on any atom is 0.140 e. The Balaban J connectivity index is 1.64. The topological polar surface area (TPSA) is 26.0 Å². The Morgan fingerprint density at radius 2 is 1.59 bits per heavy atom. The zero-order valence-electron chi connectivity index (χ0n) is 20.2. The van der Waals surface area contributed by atoms with E-state index in [1.807, 2.05) is 23.6 Å². The van der Waals surface area contributed by atoms with E-state index in [0.29, 0.717) is 0 Å². The molecule has 0 aliphatic carbocycles. The summed E-state index contributed by atoms with van der Waals surface area (Å²) in [6.45, 7) is 11.2. The van der Waals surface area contributed by atoms with Crippen LogP contribution < -0.4 is 0 Å². The molecular formula is C31H27NOS. The summed E-state index contributed by atoms with van der Waals surface area (Å²) in [5.74, 6) is 0.955. The Labute approximate surface area is 203 Å². The van der Waals surface area contributed by atoms with E-state index in [4.69, 9.17) is 9.40 Å². The highest BCUT2D eigenvalue weighted by Gasteiger charge is 2.23. The van der Waals surface area contributed by atoms with Crippen molar-refractivity contribution >= 4 is 43.2 Å². The van der Waals surface area contributed by atoms with Crippen LogP contribution in [0.5, 0.6) is 0 Å². The van der Waals surface area contributed by atoms with Crippen LogP contribution in [0.25, 0.3) is 54.4 Å². The van der Waals surface area contributed by atoms with Gasteiger partial charge in [0.25, 0.3) is 0 Å². The number of hydrogen-bond acceptors (Lipinski definition) is 3. The fourth-order valence-corrected chi connectivity index (χ4v) is 6.23. The van der Waals surface area contributed by atoms with Crippen LogP contribution in [0.4, 0.5) is 0 Å². The van der Waals surface area contributed by atoms with E-state index in [-0.39, 0.29) is 5.41 Å². The smallest absolute Gasteiger partial charge is 0.140 e. The van der Waals surface area contributed by atoms with Gasteiger partial charge in [0.1, 0.15) is 11.3 Å². The van der Waals surface area contributed by atoms with Gasteiger partial charge in [-0.3, -0.25) is 4.98 Å². The first-order chi connectivity index (χ1) is 16.3. The molecule has 0 spiro atoms. The second-order valence-corrected chi connectivity index (χ2v) is 11.4. The lowest BCUT2D eigenvalue weighted by Gasteiger charge is -2.22. The summed E-state index contributed by atoms with van der Waals surface area (Å²) in [5, 5.41) is 4.89. The maximum absolute atomic E-state index is 6.55. The zero-order chi connectivity index (χ0) is 23.6. The molecule has 168 valence electrons. The number of fused-ring (bicyclic) bond motifs is 3. The lowest BCUT2D eigenvalue weighted by atomic mass is 9.82. The average molecular weight is 462 g/mol. The highest BCUT2D eigenvalue weighted by molar-refractivity contribution is 7.19. The summed E-state index contributed by atoms with van der Waals surface area (Å²) in [4.78, 5) is 6.17. The first kappa shape index (κ1) is 21.1. The van der Waals surface area contributed by atoms with E-state index in [1.54, 1.807) is 0 Å². The molecule has 0 saturated heterocycles. The second kappa shape index (κ2) is 7.54. The van der Waals surface area contributed by atoms with E-state index in [0.717, 1.165) is 33.6 Å². The summed E-state index contributed by atoms with van der Waals surface area (Å²) in [6.07, 6.45) is 1.87. The molecule has 0 aliphatic rings. The standard InChI is InChI=1S/C31H27NOS/c1-18-27-25(33-30(18)28-19(2)34-26-13-9-8-12-23(26)28)14-15-32-29(27)21-16-20-10-6-7-11-22(20)24(17-21)31(3,4)5/h6-17H,1-5H3. The van der Waals surface area contributed by atoms with Gasteiger partial charge in [-0.25, -0.2) is 0 Å². The van der Waals surface area contributed by atoms with Crippen molar-refractivity contribution in [3.63, 3.8) is 0 Å². The molecule has 0 fully saturated rings. The molecule has 6 aromatic rings. The molecule has 3 aromatic carbocycles. The Morgan fingerprint density at radius 1 is 0.853 bits per heavy atom. The largest absolute Gasteiger partial charge is 0.456 e. The maximum atomic E-state index is 6.55. The average Bonchev–Trinajstić information content (AvgIpc) is 3.33. The lowest BCUT2D eigenvalue weighted by molar-refractivity contribution is 0.596. The van der Waals surface area contributed by atoms with Gasteiger partial charge in [-0.1, -0.05) is 63.2 Å². The van der Waals surface area contributed by atoms with Gasteiger partial charge < -0.3 is 4.42 Å². The number of benzene rings is 3. The van der Waals surface area contributed by atoms with Crippen LogP contribution in [-0.2, 0) is 5.41 Å². The SMILES string of the molecule is Cc1sc2ccccc2c1-c1oc2ccnc(-c3cc(C(C)(C)C)c4ccccc4c3)c2c1C. The molecule has 6 rings (SSSR count). The third-order valence-electron chi connectivity index (χ3n) is 6.78. The molecule has 0 aliphatic heterocycles. The molecule has 0 atom stereocenters. The minimum absolute atomic E-state index is 0.0207. The molecule has 3 heterocycles. The van der Waals surface area contributed by atoms with Crippen LogP contribution in [0.1, 0.15) is 36.8 Å². The van der Waals surface area contributed by atoms with Crippen LogP contribution in [0, 0.1) is 13.8 Å². The fourth-order valence-electron chi connectivity index (χ4n) is 5.17. The van der Waals surface area contributed by atoms with E-state index < -0.39 is 0 Å². The lowest BCUT2D eigenvalue weighted by Crippen LogP contribution is -2.12. The van der Waals surface area contributed by atoms with E-state index in [1.165, 1.54) is 36.9 Å². The molecule has 0 amide bonds. The van der Waals surface area contributed by atoms with Gasteiger partial charge in [-0.05, 0) is 59.9 Å².